The lowest BCUT2D eigenvalue weighted by atomic mass is 10.1. The number of anilines is 2. The number of amides is 1. The number of carbonyl (C=O) groups is 1. The first-order chi connectivity index (χ1) is 12.1. The number of carbonyl (C=O) groups excluding carboxylic acids is 1. The van der Waals surface area contributed by atoms with Crippen LogP contribution < -0.4 is 10.1 Å². The van der Waals surface area contributed by atoms with Gasteiger partial charge in [0, 0.05) is 18.8 Å². The van der Waals surface area contributed by atoms with Gasteiger partial charge in [0.05, 0.1) is 18.5 Å². The average Bonchev–Trinajstić information content (AvgIpc) is 2.64. The van der Waals surface area contributed by atoms with E-state index in [9.17, 15) is 4.79 Å². The van der Waals surface area contributed by atoms with Crippen molar-refractivity contribution >= 4 is 17.4 Å². The Hall–Kier alpha value is -2.63. The molecule has 0 bridgehead atoms. The number of nitrogens with zero attached hydrogens (tertiary/aromatic N) is 3. The van der Waals surface area contributed by atoms with E-state index in [0.717, 1.165) is 37.4 Å². The zero-order valence-corrected chi connectivity index (χ0v) is 14.7. The summed E-state index contributed by atoms with van der Waals surface area (Å²) in [5.74, 6) is 1.40. The number of hydrogen-bond acceptors (Lipinski definition) is 5. The molecule has 1 fully saturated rings. The Morgan fingerprint density at radius 1 is 1.08 bits per heavy atom. The summed E-state index contributed by atoms with van der Waals surface area (Å²) in [5.41, 5.74) is 1.29. The van der Waals surface area contributed by atoms with Gasteiger partial charge in [0.2, 0.25) is 0 Å². The van der Waals surface area contributed by atoms with Gasteiger partial charge in [0.15, 0.2) is 0 Å². The molecule has 6 nitrogen and oxygen atoms in total. The van der Waals surface area contributed by atoms with Gasteiger partial charge in [-0.2, -0.15) is 0 Å². The Labute approximate surface area is 148 Å². The van der Waals surface area contributed by atoms with Crippen LogP contribution in [-0.2, 0) is 0 Å². The summed E-state index contributed by atoms with van der Waals surface area (Å²) in [4.78, 5) is 22.8. The van der Waals surface area contributed by atoms with Gasteiger partial charge in [-0.05, 0) is 57.4 Å². The van der Waals surface area contributed by atoms with Crippen LogP contribution in [0.5, 0.6) is 5.75 Å². The zero-order chi connectivity index (χ0) is 17.6. The molecule has 0 spiro atoms. The van der Waals surface area contributed by atoms with Crippen molar-refractivity contribution in [2.45, 2.75) is 39.2 Å². The second-order valence-corrected chi connectivity index (χ2v) is 6.46. The molecule has 2 aromatic rings. The highest BCUT2D eigenvalue weighted by Gasteiger charge is 2.19. The lowest BCUT2D eigenvalue weighted by molar-refractivity contribution is 0.0718. The number of ether oxygens (including phenoxy) is 1. The molecule has 0 unspecified atom stereocenters. The van der Waals surface area contributed by atoms with Gasteiger partial charge >= 0.3 is 0 Å². The molecule has 1 aromatic heterocycles. The average molecular weight is 340 g/mol. The summed E-state index contributed by atoms with van der Waals surface area (Å²) in [6.45, 7) is 5.61. The summed E-state index contributed by atoms with van der Waals surface area (Å²) < 4.78 is 5.62. The first kappa shape index (κ1) is 17.2. The normalized spacial score (nSPS) is 14.4. The van der Waals surface area contributed by atoms with Crippen LogP contribution in [0.4, 0.5) is 11.5 Å². The van der Waals surface area contributed by atoms with Crippen molar-refractivity contribution < 1.29 is 9.53 Å². The summed E-state index contributed by atoms with van der Waals surface area (Å²) in [6, 6.07) is 7.66. The third kappa shape index (κ3) is 4.68. The van der Waals surface area contributed by atoms with E-state index in [2.05, 4.69) is 15.3 Å². The number of piperidine rings is 1. The molecule has 0 aliphatic carbocycles. The van der Waals surface area contributed by atoms with Crippen molar-refractivity contribution in [3.8, 4) is 5.75 Å². The number of benzene rings is 1. The van der Waals surface area contributed by atoms with Crippen molar-refractivity contribution in [2.24, 2.45) is 0 Å². The maximum absolute atomic E-state index is 12.4. The Kier molecular flexibility index (Phi) is 5.48. The van der Waals surface area contributed by atoms with Crippen LogP contribution in [0.1, 0.15) is 43.6 Å². The van der Waals surface area contributed by atoms with E-state index in [0.29, 0.717) is 11.5 Å². The lowest BCUT2D eigenvalue weighted by Crippen LogP contribution is -2.36. The Bertz CT molecular complexity index is 692. The van der Waals surface area contributed by atoms with Crippen LogP contribution in [0, 0.1) is 0 Å². The Morgan fingerprint density at radius 3 is 2.40 bits per heavy atom. The summed E-state index contributed by atoms with van der Waals surface area (Å²) in [5, 5.41) is 3.18. The van der Waals surface area contributed by atoms with Gasteiger partial charge in [-0.15, -0.1) is 0 Å². The van der Waals surface area contributed by atoms with E-state index in [1.54, 1.807) is 6.20 Å². The molecule has 132 valence electrons. The molecule has 1 N–H and O–H groups in total. The largest absolute Gasteiger partial charge is 0.491 e. The van der Waals surface area contributed by atoms with E-state index in [4.69, 9.17) is 4.74 Å². The molecule has 1 aliphatic heterocycles. The first-order valence-corrected chi connectivity index (χ1v) is 8.77. The van der Waals surface area contributed by atoms with Crippen molar-refractivity contribution in [3.05, 3.63) is 42.4 Å². The fourth-order valence-corrected chi connectivity index (χ4v) is 2.80. The van der Waals surface area contributed by atoms with Gasteiger partial charge in [0.25, 0.3) is 5.91 Å². The van der Waals surface area contributed by atoms with Crippen LogP contribution in [-0.4, -0.2) is 40.0 Å². The van der Waals surface area contributed by atoms with E-state index < -0.39 is 0 Å². The van der Waals surface area contributed by atoms with E-state index >= 15 is 0 Å². The maximum atomic E-state index is 12.4. The molecular weight excluding hydrogens is 316 g/mol. The summed E-state index contributed by atoms with van der Waals surface area (Å²) in [6.07, 6.45) is 6.60. The first-order valence-electron chi connectivity index (χ1n) is 8.77. The molecule has 6 heteroatoms. The number of nitrogens with one attached hydrogen (secondary N) is 1. The summed E-state index contributed by atoms with van der Waals surface area (Å²) in [7, 11) is 0. The van der Waals surface area contributed by atoms with E-state index in [1.807, 2.05) is 43.0 Å². The Morgan fingerprint density at radius 2 is 1.80 bits per heavy atom. The number of aromatic nitrogens is 2. The standard InChI is InChI=1S/C19H24N4O2/c1-14(2)25-16-8-6-15(7-9-16)22-18-13-20-17(12-21-18)19(24)23-10-4-3-5-11-23/h6-9,12-14H,3-5,10-11H2,1-2H3,(H,21,22). The molecule has 0 atom stereocenters. The third-order valence-corrected chi connectivity index (χ3v) is 4.01. The highest BCUT2D eigenvalue weighted by atomic mass is 16.5. The van der Waals surface area contributed by atoms with Gasteiger partial charge in [0.1, 0.15) is 17.3 Å². The molecule has 0 saturated carbocycles. The van der Waals surface area contributed by atoms with Gasteiger partial charge in [-0.1, -0.05) is 0 Å². The summed E-state index contributed by atoms with van der Waals surface area (Å²) >= 11 is 0. The van der Waals surface area contributed by atoms with Crippen LogP contribution in [0.2, 0.25) is 0 Å². The second-order valence-electron chi connectivity index (χ2n) is 6.46. The minimum atomic E-state index is -0.0334. The second kappa shape index (κ2) is 7.96. The molecule has 3 rings (SSSR count). The van der Waals surface area contributed by atoms with Crippen LogP contribution in [0.25, 0.3) is 0 Å². The van der Waals surface area contributed by atoms with Gasteiger partial charge in [-0.3, -0.25) is 4.79 Å². The number of likely N-dealkylation sites (tertiary alicyclic amines) is 1. The highest BCUT2D eigenvalue weighted by Crippen LogP contribution is 2.20. The minimum Gasteiger partial charge on any atom is -0.491 e. The van der Waals surface area contributed by atoms with Crippen LogP contribution in [0.15, 0.2) is 36.7 Å². The fraction of sp³-hybridized carbons (Fsp3) is 0.421. The molecule has 0 radical (unpaired) electrons. The maximum Gasteiger partial charge on any atom is 0.274 e. The predicted molar refractivity (Wildman–Crippen MR) is 97.3 cm³/mol. The van der Waals surface area contributed by atoms with E-state index in [1.165, 1.54) is 12.6 Å². The van der Waals surface area contributed by atoms with E-state index in [-0.39, 0.29) is 12.0 Å². The highest BCUT2D eigenvalue weighted by molar-refractivity contribution is 5.92. The number of hydrogen-bond donors (Lipinski definition) is 1. The molecule has 25 heavy (non-hydrogen) atoms. The molecular formula is C19H24N4O2. The monoisotopic (exact) mass is 340 g/mol. The molecule has 1 saturated heterocycles. The molecule has 1 amide bonds. The Balaban J connectivity index is 1.61. The van der Waals surface area contributed by atoms with Crippen molar-refractivity contribution in [2.75, 3.05) is 18.4 Å². The smallest absolute Gasteiger partial charge is 0.274 e. The number of rotatable bonds is 5. The SMILES string of the molecule is CC(C)Oc1ccc(Nc2cnc(C(=O)N3CCCCC3)cn2)cc1. The minimum absolute atomic E-state index is 0.0334. The lowest BCUT2D eigenvalue weighted by Gasteiger charge is -2.26. The van der Waals surface area contributed by atoms with Gasteiger partial charge < -0.3 is 15.0 Å². The predicted octanol–water partition coefficient (Wildman–Crippen LogP) is 3.63. The van der Waals surface area contributed by atoms with Crippen molar-refractivity contribution in [1.82, 2.24) is 14.9 Å². The molecule has 1 aliphatic rings. The fourth-order valence-electron chi connectivity index (χ4n) is 2.80. The van der Waals surface area contributed by atoms with Crippen molar-refractivity contribution in [1.29, 1.82) is 0 Å². The quantitative estimate of drug-likeness (QED) is 0.900. The molecule has 2 heterocycles. The zero-order valence-electron chi connectivity index (χ0n) is 14.7. The van der Waals surface area contributed by atoms with Crippen LogP contribution >= 0.6 is 0 Å². The van der Waals surface area contributed by atoms with Gasteiger partial charge in [-0.25, -0.2) is 9.97 Å². The molecule has 1 aromatic carbocycles. The van der Waals surface area contributed by atoms with Crippen molar-refractivity contribution in [3.63, 3.8) is 0 Å². The van der Waals surface area contributed by atoms with Crippen LogP contribution in [0.3, 0.4) is 0 Å². The third-order valence-electron chi connectivity index (χ3n) is 4.01. The topological polar surface area (TPSA) is 67.3 Å².